The number of rotatable bonds is 12. The normalized spacial score (nSPS) is 12.1. The predicted molar refractivity (Wildman–Crippen MR) is 161 cm³/mol. The SMILES string of the molecule is CCCCNC(=O)[C@@H](C)N(Cc1ccc(Cl)c(Cl)c1)C(=O)CN(c1cc(C)cc(C)c1)S(=O)(=O)c1ccccc1. The van der Waals surface area contributed by atoms with Crippen molar-refractivity contribution in [1.82, 2.24) is 10.2 Å². The van der Waals surface area contributed by atoms with Gasteiger partial charge in [-0.15, -0.1) is 0 Å². The van der Waals surface area contributed by atoms with Crippen LogP contribution in [0.4, 0.5) is 5.69 Å². The van der Waals surface area contributed by atoms with Crippen LogP contribution in [0.5, 0.6) is 0 Å². The third-order valence-electron chi connectivity index (χ3n) is 6.44. The monoisotopic (exact) mass is 603 g/mol. The van der Waals surface area contributed by atoms with Crippen molar-refractivity contribution in [3.8, 4) is 0 Å². The summed E-state index contributed by atoms with van der Waals surface area (Å²) in [6, 6.07) is 17.5. The average Bonchev–Trinajstić information content (AvgIpc) is 2.91. The number of nitrogens with zero attached hydrogens (tertiary/aromatic N) is 2. The third-order valence-corrected chi connectivity index (χ3v) is 8.97. The van der Waals surface area contributed by atoms with Crippen molar-refractivity contribution in [2.45, 2.75) is 58.0 Å². The number of unbranched alkanes of at least 4 members (excludes halogenated alkanes) is 1. The molecule has 40 heavy (non-hydrogen) atoms. The van der Waals surface area contributed by atoms with Gasteiger partial charge in [0.1, 0.15) is 12.6 Å². The Bertz CT molecular complexity index is 1430. The third kappa shape index (κ3) is 7.99. The van der Waals surface area contributed by atoms with Crippen LogP contribution in [-0.4, -0.2) is 44.3 Å². The van der Waals surface area contributed by atoms with Gasteiger partial charge in [-0.05, 0) is 80.3 Å². The molecular formula is C30H35Cl2N3O4S. The Morgan fingerprint density at radius 2 is 1.57 bits per heavy atom. The lowest BCUT2D eigenvalue weighted by Crippen LogP contribution is -2.51. The topological polar surface area (TPSA) is 86.8 Å². The molecule has 0 bridgehead atoms. The largest absolute Gasteiger partial charge is 0.354 e. The van der Waals surface area contributed by atoms with Gasteiger partial charge in [0.25, 0.3) is 10.0 Å². The van der Waals surface area contributed by atoms with Gasteiger partial charge in [-0.25, -0.2) is 8.42 Å². The Morgan fingerprint density at radius 3 is 2.17 bits per heavy atom. The fourth-order valence-corrected chi connectivity index (χ4v) is 6.04. The number of hydrogen-bond acceptors (Lipinski definition) is 4. The summed E-state index contributed by atoms with van der Waals surface area (Å²) in [6.07, 6.45) is 1.71. The second kappa shape index (κ2) is 14.0. The summed E-state index contributed by atoms with van der Waals surface area (Å²) in [5.41, 5.74) is 2.73. The molecule has 0 aliphatic heterocycles. The molecular weight excluding hydrogens is 569 g/mol. The Balaban J connectivity index is 2.03. The van der Waals surface area contributed by atoms with Crippen LogP contribution in [0.15, 0.2) is 71.6 Å². The Morgan fingerprint density at radius 1 is 0.925 bits per heavy atom. The van der Waals surface area contributed by atoms with Gasteiger partial charge in [-0.1, -0.05) is 66.9 Å². The van der Waals surface area contributed by atoms with Crippen molar-refractivity contribution in [2.75, 3.05) is 17.4 Å². The van der Waals surface area contributed by atoms with E-state index in [0.29, 0.717) is 27.8 Å². The molecule has 214 valence electrons. The van der Waals surface area contributed by atoms with Crippen LogP contribution in [0, 0.1) is 13.8 Å². The summed E-state index contributed by atoms with van der Waals surface area (Å²) in [5, 5.41) is 3.55. The molecule has 2 amide bonds. The number of nitrogens with one attached hydrogen (secondary N) is 1. The highest BCUT2D eigenvalue weighted by atomic mass is 35.5. The summed E-state index contributed by atoms with van der Waals surface area (Å²) in [5.74, 6) is -0.867. The zero-order chi connectivity index (χ0) is 29.4. The molecule has 0 aliphatic carbocycles. The molecule has 1 N–H and O–H groups in total. The highest BCUT2D eigenvalue weighted by molar-refractivity contribution is 7.92. The molecule has 0 saturated heterocycles. The summed E-state index contributed by atoms with van der Waals surface area (Å²) < 4.78 is 28.9. The van der Waals surface area contributed by atoms with E-state index in [-0.39, 0.29) is 17.3 Å². The fourth-order valence-electron chi connectivity index (χ4n) is 4.30. The molecule has 10 heteroatoms. The van der Waals surface area contributed by atoms with Gasteiger partial charge in [0.05, 0.1) is 20.6 Å². The maximum absolute atomic E-state index is 14.0. The van der Waals surface area contributed by atoms with Crippen molar-refractivity contribution >= 4 is 50.7 Å². The number of halogens is 2. The molecule has 3 aromatic rings. The van der Waals surface area contributed by atoms with Crippen LogP contribution in [0.1, 0.15) is 43.4 Å². The maximum Gasteiger partial charge on any atom is 0.264 e. The molecule has 0 spiro atoms. The molecule has 7 nitrogen and oxygen atoms in total. The predicted octanol–water partition coefficient (Wildman–Crippen LogP) is 6.14. The summed E-state index contributed by atoms with van der Waals surface area (Å²) in [7, 11) is -4.12. The van der Waals surface area contributed by atoms with E-state index in [1.807, 2.05) is 26.8 Å². The molecule has 0 aliphatic rings. The lowest BCUT2D eigenvalue weighted by Gasteiger charge is -2.32. The van der Waals surface area contributed by atoms with E-state index in [4.69, 9.17) is 23.2 Å². The summed E-state index contributed by atoms with van der Waals surface area (Å²) >= 11 is 12.3. The summed E-state index contributed by atoms with van der Waals surface area (Å²) in [6.45, 7) is 7.38. The first-order chi connectivity index (χ1) is 18.9. The fraction of sp³-hybridized carbons (Fsp3) is 0.333. The zero-order valence-corrected chi connectivity index (χ0v) is 25.5. The highest BCUT2D eigenvalue weighted by Gasteiger charge is 2.32. The van der Waals surface area contributed by atoms with Gasteiger partial charge in [0.15, 0.2) is 0 Å². The van der Waals surface area contributed by atoms with Crippen molar-refractivity contribution < 1.29 is 18.0 Å². The van der Waals surface area contributed by atoms with Crippen molar-refractivity contribution in [2.24, 2.45) is 0 Å². The summed E-state index contributed by atoms with van der Waals surface area (Å²) in [4.78, 5) is 28.5. The Kier molecular flexibility index (Phi) is 11.0. The number of sulfonamides is 1. The van der Waals surface area contributed by atoms with Gasteiger partial charge in [-0.3, -0.25) is 13.9 Å². The van der Waals surface area contributed by atoms with Crippen LogP contribution >= 0.6 is 23.2 Å². The number of hydrogen-bond donors (Lipinski definition) is 1. The van der Waals surface area contributed by atoms with Crippen molar-refractivity contribution in [3.05, 3.63) is 93.5 Å². The second-order valence-corrected chi connectivity index (χ2v) is 12.4. The minimum Gasteiger partial charge on any atom is -0.354 e. The minimum atomic E-state index is -4.12. The van der Waals surface area contributed by atoms with E-state index in [0.717, 1.165) is 28.3 Å². The van der Waals surface area contributed by atoms with E-state index in [1.165, 1.54) is 17.0 Å². The lowest BCUT2D eigenvalue weighted by atomic mass is 10.1. The zero-order valence-electron chi connectivity index (χ0n) is 23.2. The molecule has 0 radical (unpaired) electrons. The lowest BCUT2D eigenvalue weighted by molar-refractivity contribution is -0.139. The van der Waals surface area contributed by atoms with E-state index >= 15 is 0 Å². The standard InChI is InChI=1S/C30H35Cl2N3O4S/c1-5-6-14-33-30(37)23(4)34(19-24-12-13-27(31)28(32)18-24)29(36)20-35(25-16-21(2)15-22(3)17-25)40(38,39)26-10-8-7-9-11-26/h7-13,15-18,23H,5-6,14,19-20H2,1-4H3,(H,33,37)/t23-/m1/s1. The number of aryl methyl sites for hydroxylation is 2. The molecule has 3 rings (SSSR count). The molecule has 3 aromatic carbocycles. The minimum absolute atomic E-state index is 0.0319. The van der Waals surface area contributed by atoms with Gasteiger partial charge < -0.3 is 10.2 Å². The van der Waals surface area contributed by atoms with Gasteiger partial charge in [0, 0.05) is 13.1 Å². The Labute approximate surface area is 247 Å². The highest BCUT2D eigenvalue weighted by Crippen LogP contribution is 2.27. The molecule has 0 heterocycles. The number of amides is 2. The van der Waals surface area contributed by atoms with Crippen molar-refractivity contribution in [1.29, 1.82) is 0 Å². The van der Waals surface area contributed by atoms with E-state index in [2.05, 4.69) is 5.32 Å². The van der Waals surface area contributed by atoms with E-state index < -0.39 is 28.5 Å². The average molecular weight is 605 g/mol. The molecule has 0 unspecified atom stereocenters. The second-order valence-electron chi connectivity index (χ2n) is 9.76. The van der Waals surface area contributed by atoms with E-state index in [1.54, 1.807) is 55.5 Å². The molecule has 0 fully saturated rings. The first-order valence-electron chi connectivity index (χ1n) is 13.1. The first kappa shape index (κ1) is 31.5. The van der Waals surface area contributed by atoms with Crippen LogP contribution in [0.2, 0.25) is 10.0 Å². The first-order valence-corrected chi connectivity index (χ1v) is 15.3. The molecule has 0 saturated carbocycles. The smallest absolute Gasteiger partial charge is 0.264 e. The van der Waals surface area contributed by atoms with Gasteiger partial charge in [0.2, 0.25) is 11.8 Å². The quantitative estimate of drug-likeness (QED) is 0.252. The van der Waals surface area contributed by atoms with Crippen LogP contribution in [-0.2, 0) is 26.2 Å². The maximum atomic E-state index is 14.0. The number of anilines is 1. The molecule has 0 aromatic heterocycles. The Hall–Kier alpha value is -3.07. The number of carbonyl (C=O) groups excluding carboxylic acids is 2. The van der Waals surface area contributed by atoms with Crippen LogP contribution < -0.4 is 9.62 Å². The van der Waals surface area contributed by atoms with E-state index in [9.17, 15) is 18.0 Å². The van der Waals surface area contributed by atoms with Crippen LogP contribution in [0.25, 0.3) is 0 Å². The number of carbonyl (C=O) groups is 2. The van der Waals surface area contributed by atoms with Crippen molar-refractivity contribution in [3.63, 3.8) is 0 Å². The van der Waals surface area contributed by atoms with Crippen LogP contribution in [0.3, 0.4) is 0 Å². The number of benzene rings is 3. The molecule has 1 atom stereocenters. The van der Waals surface area contributed by atoms with Gasteiger partial charge in [-0.2, -0.15) is 0 Å². The van der Waals surface area contributed by atoms with Gasteiger partial charge >= 0.3 is 0 Å².